The number of nitrogen functional groups attached to an aromatic ring is 1. The molecule has 96 valence electrons. The van der Waals surface area contributed by atoms with Gasteiger partial charge in [-0.25, -0.2) is 4.39 Å². The number of hydrogen-bond acceptors (Lipinski definition) is 3. The third kappa shape index (κ3) is 3.15. The van der Waals surface area contributed by atoms with Crippen molar-refractivity contribution in [3.63, 3.8) is 0 Å². The molecule has 0 atom stereocenters. The summed E-state index contributed by atoms with van der Waals surface area (Å²) in [5.41, 5.74) is 6.96. The van der Waals surface area contributed by atoms with Crippen LogP contribution >= 0.6 is 11.6 Å². The van der Waals surface area contributed by atoms with E-state index < -0.39 is 5.82 Å². The van der Waals surface area contributed by atoms with Gasteiger partial charge in [0.1, 0.15) is 17.3 Å². The maximum absolute atomic E-state index is 13.0. The summed E-state index contributed by atoms with van der Waals surface area (Å²) in [5, 5.41) is 8.68. The van der Waals surface area contributed by atoms with E-state index in [-0.39, 0.29) is 11.4 Å². The van der Waals surface area contributed by atoms with E-state index in [0.29, 0.717) is 22.7 Å². The highest BCUT2D eigenvalue weighted by atomic mass is 35.5. The summed E-state index contributed by atoms with van der Waals surface area (Å²) in [6, 6.07) is 11.1. The van der Waals surface area contributed by atoms with Gasteiger partial charge in [0, 0.05) is 11.8 Å². The van der Waals surface area contributed by atoms with Crippen LogP contribution in [0.25, 0.3) is 0 Å². The van der Waals surface area contributed by atoms with Crippen molar-refractivity contribution in [3.8, 4) is 17.6 Å². The average Bonchev–Trinajstić information content (AvgIpc) is 2.38. The molecule has 2 rings (SSSR count). The van der Waals surface area contributed by atoms with Gasteiger partial charge in [0.05, 0.1) is 17.5 Å². The second-order valence-corrected chi connectivity index (χ2v) is 4.28. The average molecular weight is 277 g/mol. The number of nitrogens with two attached hydrogens (primary N) is 1. The number of rotatable bonds is 3. The van der Waals surface area contributed by atoms with Crippen molar-refractivity contribution in [1.82, 2.24) is 0 Å². The number of nitrogens with zero attached hydrogens (tertiary/aromatic N) is 1. The molecule has 19 heavy (non-hydrogen) atoms. The van der Waals surface area contributed by atoms with Crippen molar-refractivity contribution in [2.24, 2.45) is 0 Å². The van der Waals surface area contributed by atoms with E-state index in [0.717, 1.165) is 0 Å². The fourth-order valence-electron chi connectivity index (χ4n) is 1.56. The van der Waals surface area contributed by atoms with Crippen LogP contribution in [0.15, 0.2) is 36.4 Å². The topological polar surface area (TPSA) is 59.0 Å². The Hall–Kier alpha value is -2.25. The predicted octanol–water partition coefficient (Wildman–Crippen LogP) is 3.92. The molecule has 0 saturated carbocycles. The highest BCUT2D eigenvalue weighted by Gasteiger charge is 2.05. The summed E-state index contributed by atoms with van der Waals surface area (Å²) in [5.74, 6) is 0.428. The van der Waals surface area contributed by atoms with Crippen LogP contribution < -0.4 is 10.5 Å². The number of nitriles is 1. The van der Waals surface area contributed by atoms with Gasteiger partial charge in [-0.05, 0) is 35.9 Å². The van der Waals surface area contributed by atoms with Gasteiger partial charge in [0.25, 0.3) is 0 Å². The summed E-state index contributed by atoms with van der Waals surface area (Å²) in [7, 11) is 0. The van der Waals surface area contributed by atoms with Gasteiger partial charge in [-0.1, -0.05) is 11.6 Å². The van der Waals surface area contributed by atoms with Crippen molar-refractivity contribution >= 4 is 17.3 Å². The molecular weight excluding hydrogens is 267 g/mol. The van der Waals surface area contributed by atoms with Gasteiger partial charge < -0.3 is 10.5 Å². The summed E-state index contributed by atoms with van der Waals surface area (Å²) >= 11 is 5.67. The molecule has 0 aromatic heterocycles. The van der Waals surface area contributed by atoms with E-state index in [4.69, 9.17) is 27.3 Å². The Labute approximate surface area is 115 Å². The Morgan fingerprint density at radius 2 is 1.89 bits per heavy atom. The van der Waals surface area contributed by atoms with E-state index in [1.165, 1.54) is 18.2 Å². The van der Waals surface area contributed by atoms with Gasteiger partial charge >= 0.3 is 0 Å². The maximum atomic E-state index is 13.0. The third-order valence-corrected chi connectivity index (χ3v) is 2.80. The number of hydrogen-bond donors (Lipinski definition) is 1. The zero-order valence-corrected chi connectivity index (χ0v) is 10.6. The quantitative estimate of drug-likeness (QED) is 0.865. The maximum Gasteiger partial charge on any atom is 0.142 e. The van der Waals surface area contributed by atoms with Crippen molar-refractivity contribution in [1.29, 1.82) is 5.26 Å². The van der Waals surface area contributed by atoms with Gasteiger partial charge in [-0.15, -0.1) is 0 Å². The summed E-state index contributed by atoms with van der Waals surface area (Å²) in [4.78, 5) is 0. The lowest BCUT2D eigenvalue weighted by atomic mass is 10.1. The zero-order chi connectivity index (χ0) is 13.8. The Morgan fingerprint density at radius 1 is 1.21 bits per heavy atom. The smallest absolute Gasteiger partial charge is 0.142 e. The fraction of sp³-hybridized carbons (Fsp3) is 0.0714. The van der Waals surface area contributed by atoms with Crippen molar-refractivity contribution < 1.29 is 9.13 Å². The van der Waals surface area contributed by atoms with Crippen LogP contribution in [0.3, 0.4) is 0 Å². The van der Waals surface area contributed by atoms with Gasteiger partial charge in [0.2, 0.25) is 0 Å². The van der Waals surface area contributed by atoms with Gasteiger partial charge in [-0.2, -0.15) is 5.26 Å². The van der Waals surface area contributed by atoms with E-state index in [1.54, 1.807) is 18.2 Å². The van der Waals surface area contributed by atoms with E-state index in [9.17, 15) is 4.39 Å². The Morgan fingerprint density at radius 3 is 2.58 bits per heavy atom. The first-order chi connectivity index (χ1) is 9.10. The lowest BCUT2D eigenvalue weighted by Gasteiger charge is -2.09. The highest BCUT2D eigenvalue weighted by Crippen LogP contribution is 2.28. The molecule has 0 aliphatic heterocycles. The van der Waals surface area contributed by atoms with Crippen molar-refractivity contribution in [2.45, 2.75) is 6.42 Å². The minimum absolute atomic E-state index is 0.00908. The van der Waals surface area contributed by atoms with Crippen LogP contribution in [0.2, 0.25) is 5.02 Å². The molecule has 0 heterocycles. The normalized spacial score (nSPS) is 9.95. The highest BCUT2D eigenvalue weighted by molar-refractivity contribution is 6.30. The number of benzene rings is 2. The van der Waals surface area contributed by atoms with Gasteiger partial charge in [-0.3, -0.25) is 0 Å². The molecule has 0 aliphatic carbocycles. The monoisotopic (exact) mass is 276 g/mol. The second kappa shape index (κ2) is 5.59. The fourth-order valence-corrected chi connectivity index (χ4v) is 1.73. The number of anilines is 1. The molecule has 0 unspecified atom stereocenters. The van der Waals surface area contributed by atoms with E-state index in [1.807, 2.05) is 6.07 Å². The van der Waals surface area contributed by atoms with Crippen molar-refractivity contribution in [2.75, 3.05) is 5.73 Å². The third-order valence-electron chi connectivity index (χ3n) is 2.51. The molecule has 0 aliphatic rings. The molecule has 2 aromatic rings. The first kappa shape index (κ1) is 13.2. The van der Waals surface area contributed by atoms with Crippen LogP contribution in [-0.2, 0) is 6.42 Å². The molecule has 3 nitrogen and oxygen atoms in total. The van der Waals surface area contributed by atoms with Crippen LogP contribution in [0.1, 0.15) is 5.56 Å². The van der Waals surface area contributed by atoms with Crippen LogP contribution in [0.4, 0.5) is 10.1 Å². The first-order valence-corrected chi connectivity index (χ1v) is 5.86. The Balaban J connectivity index is 2.25. The minimum atomic E-state index is -0.503. The SMILES string of the molecule is N#CCc1cc(Oc2ccc(F)c(Cl)c2)ccc1N. The van der Waals surface area contributed by atoms with Crippen LogP contribution in [0, 0.1) is 17.1 Å². The van der Waals surface area contributed by atoms with E-state index >= 15 is 0 Å². The minimum Gasteiger partial charge on any atom is -0.457 e. The molecule has 0 amide bonds. The summed E-state index contributed by atoms with van der Waals surface area (Å²) in [6.07, 6.45) is 0.202. The lowest BCUT2D eigenvalue weighted by Crippen LogP contribution is -1.94. The molecule has 2 N–H and O–H groups in total. The molecule has 0 spiro atoms. The Kier molecular flexibility index (Phi) is 3.88. The number of ether oxygens (including phenoxy) is 1. The molecule has 5 heteroatoms. The molecule has 0 radical (unpaired) electrons. The summed E-state index contributed by atoms with van der Waals surface area (Å²) < 4.78 is 18.6. The lowest BCUT2D eigenvalue weighted by molar-refractivity contribution is 0.480. The molecule has 0 saturated heterocycles. The van der Waals surface area contributed by atoms with Gasteiger partial charge in [0.15, 0.2) is 0 Å². The largest absolute Gasteiger partial charge is 0.457 e. The summed E-state index contributed by atoms with van der Waals surface area (Å²) in [6.45, 7) is 0. The molecule has 0 bridgehead atoms. The zero-order valence-electron chi connectivity index (χ0n) is 9.86. The standard InChI is InChI=1S/C14H10ClFN2O/c15-12-8-11(1-3-13(12)16)19-10-2-4-14(18)9(7-10)5-6-17/h1-4,7-8H,5,18H2. The van der Waals surface area contributed by atoms with Crippen LogP contribution in [-0.4, -0.2) is 0 Å². The first-order valence-electron chi connectivity index (χ1n) is 5.48. The predicted molar refractivity (Wildman–Crippen MR) is 71.7 cm³/mol. The Bertz CT molecular complexity index is 652. The molecule has 2 aromatic carbocycles. The van der Waals surface area contributed by atoms with Crippen LogP contribution in [0.5, 0.6) is 11.5 Å². The second-order valence-electron chi connectivity index (χ2n) is 3.87. The van der Waals surface area contributed by atoms with Crippen molar-refractivity contribution in [3.05, 3.63) is 52.8 Å². The van der Waals surface area contributed by atoms with E-state index in [2.05, 4.69) is 0 Å². The molecular formula is C14H10ClFN2O. The number of halogens is 2. The molecule has 0 fully saturated rings.